The quantitative estimate of drug-likeness (QED) is 0.122. The molecule has 1 heterocycles. The normalized spacial score (nSPS) is 14.0. The van der Waals surface area contributed by atoms with E-state index < -0.39 is 60.4 Å². The van der Waals surface area contributed by atoms with Crippen LogP contribution < -0.4 is 27.4 Å². The van der Waals surface area contributed by atoms with Gasteiger partial charge in [0.15, 0.2) is 0 Å². The Hall–Kier alpha value is -4.30. The molecule has 0 fully saturated rings. The van der Waals surface area contributed by atoms with Gasteiger partial charge in [-0.25, -0.2) is 9.78 Å². The number of nitrogens with one attached hydrogen (secondary N) is 4. The van der Waals surface area contributed by atoms with Crippen LogP contribution >= 0.6 is 0 Å². The largest absolute Gasteiger partial charge is 0.480 e. The van der Waals surface area contributed by atoms with Crippen LogP contribution in [0.3, 0.4) is 0 Å². The maximum atomic E-state index is 13.1. The van der Waals surface area contributed by atoms with Crippen molar-refractivity contribution in [2.45, 2.75) is 49.9 Å². The van der Waals surface area contributed by atoms with E-state index in [-0.39, 0.29) is 25.7 Å². The van der Waals surface area contributed by atoms with Crippen LogP contribution in [0.5, 0.6) is 0 Å². The third-order valence-corrected chi connectivity index (χ3v) is 5.36. The van der Waals surface area contributed by atoms with E-state index >= 15 is 0 Å². The zero-order valence-corrected chi connectivity index (χ0v) is 19.9. The topological polar surface area (TPSA) is 243 Å². The fourth-order valence-corrected chi connectivity index (χ4v) is 3.32. The second-order valence-electron chi connectivity index (χ2n) is 8.29. The molecule has 0 aliphatic rings. The van der Waals surface area contributed by atoms with Crippen LogP contribution in [0.2, 0.25) is 0 Å². The van der Waals surface area contributed by atoms with Crippen LogP contribution in [0.4, 0.5) is 0 Å². The van der Waals surface area contributed by atoms with Crippen LogP contribution in [0.15, 0.2) is 42.9 Å². The molecule has 1 aromatic heterocycles. The highest BCUT2D eigenvalue weighted by molar-refractivity contribution is 5.94. The molecule has 37 heavy (non-hydrogen) atoms. The fourth-order valence-electron chi connectivity index (χ4n) is 3.32. The number of carbonyl (C=O) groups is 5. The number of hydrogen-bond donors (Lipinski definition) is 8. The molecule has 10 N–H and O–H groups in total. The molecule has 4 atom stereocenters. The summed E-state index contributed by atoms with van der Waals surface area (Å²) in [6.07, 6.45) is 2.52. The highest BCUT2D eigenvalue weighted by atomic mass is 16.4. The number of benzene rings is 1. The van der Waals surface area contributed by atoms with Crippen LogP contribution in [0, 0.1) is 0 Å². The molecular weight excluding hydrogens is 486 g/mol. The molecule has 200 valence electrons. The summed E-state index contributed by atoms with van der Waals surface area (Å²) in [5, 5.41) is 26.3. The van der Waals surface area contributed by atoms with Gasteiger partial charge in [0.2, 0.25) is 23.6 Å². The summed E-state index contributed by atoms with van der Waals surface area (Å²) in [5.41, 5.74) is 12.0. The number of carboxylic acids is 1. The SMILES string of the molecule is NC(=O)CCC(N)C(=O)NC(Cc1ccccc1)C(=O)NC(CO)C(=O)NC(Cc1cnc[nH]1)C(=O)O. The molecule has 0 bridgehead atoms. The van der Waals surface area contributed by atoms with E-state index in [9.17, 15) is 34.2 Å². The first-order valence-electron chi connectivity index (χ1n) is 11.4. The van der Waals surface area contributed by atoms with Crippen molar-refractivity contribution in [2.75, 3.05) is 6.61 Å². The van der Waals surface area contributed by atoms with Crippen LogP contribution in [-0.4, -0.2) is 80.6 Å². The number of primary amides is 1. The van der Waals surface area contributed by atoms with Gasteiger partial charge in [-0.2, -0.15) is 0 Å². The summed E-state index contributed by atoms with van der Waals surface area (Å²) < 4.78 is 0. The van der Waals surface area contributed by atoms with Crippen molar-refractivity contribution in [3.05, 3.63) is 54.1 Å². The zero-order chi connectivity index (χ0) is 27.4. The maximum Gasteiger partial charge on any atom is 0.326 e. The molecule has 0 spiro atoms. The summed E-state index contributed by atoms with van der Waals surface area (Å²) in [6, 6.07) is 3.51. The average Bonchev–Trinajstić information content (AvgIpc) is 3.38. The lowest BCUT2D eigenvalue weighted by Gasteiger charge is -2.24. The average molecular weight is 518 g/mol. The van der Waals surface area contributed by atoms with Crippen LogP contribution in [0.25, 0.3) is 0 Å². The number of aromatic nitrogens is 2. The van der Waals surface area contributed by atoms with Gasteiger partial charge in [-0.1, -0.05) is 30.3 Å². The first kappa shape index (κ1) is 28.9. The predicted molar refractivity (Wildman–Crippen MR) is 129 cm³/mol. The number of carboxylic acid groups (broad SMARTS) is 1. The Labute approximate surface area is 212 Å². The molecule has 4 unspecified atom stereocenters. The van der Waals surface area contributed by atoms with E-state index in [1.165, 1.54) is 12.5 Å². The summed E-state index contributed by atoms with van der Waals surface area (Å²) in [5.74, 6) is -4.43. The number of aromatic amines is 1. The van der Waals surface area contributed by atoms with Gasteiger partial charge in [-0.15, -0.1) is 0 Å². The summed E-state index contributed by atoms with van der Waals surface area (Å²) >= 11 is 0. The molecular formula is C23H31N7O7. The molecule has 0 radical (unpaired) electrons. The highest BCUT2D eigenvalue weighted by Crippen LogP contribution is 2.06. The van der Waals surface area contributed by atoms with Crippen molar-refractivity contribution < 1.29 is 34.2 Å². The van der Waals surface area contributed by atoms with E-state index in [4.69, 9.17) is 11.5 Å². The lowest BCUT2D eigenvalue weighted by Crippen LogP contribution is -2.58. The number of aliphatic hydroxyl groups is 1. The molecule has 0 aliphatic heterocycles. The zero-order valence-electron chi connectivity index (χ0n) is 19.9. The Morgan fingerprint density at radius 2 is 1.54 bits per heavy atom. The van der Waals surface area contributed by atoms with Gasteiger partial charge in [-0.05, 0) is 12.0 Å². The predicted octanol–water partition coefficient (Wildman–Crippen LogP) is -2.68. The third-order valence-electron chi connectivity index (χ3n) is 5.36. The number of aliphatic carboxylic acids is 1. The van der Waals surface area contributed by atoms with E-state index in [2.05, 4.69) is 25.9 Å². The van der Waals surface area contributed by atoms with Gasteiger partial charge in [-0.3, -0.25) is 19.2 Å². The Morgan fingerprint density at radius 3 is 2.11 bits per heavy atom. The number of imidazole rings is 1. The Balaban J connectivity index is 2.11. The van der Waals surface area contributed by atoms with Gasteiger partial charge in [0.05, 0.1) is 19.0 Å². The van der Waals surface area contributed by atoms with E-state index in [1.54, 1.807) is 30.3 Å². The van der Waals surface area contributed by atoms with Crippen molar-refractivity contribution in [2.24, 2.45) is 11.5 Å². The molecule has 1 aromatic carbocycles. The molecule has 14 nitrogen and oxygen atoms in total. The lowest BCUT2D eigenvalue weighted by atomic mass is 10.0. The lowest BCUT2D eigenvalue weighted by molar-refractivity contribution is -0.142. The van der Waals surface area contributed by atoms with Crippen molar-refractivity contribution in [1.29, 1.82) is 0 Å². The molecule has 14 heteroatoms. The minimum Gasteiger partial charge on any atom is -0.480 e. The monoisotopic (exact) mass is 517 g/mol. The molecule has 0 saturated carbocycles. The number of aliphatic hydroxyl groups excluding tert-OH is 1. The molecule has 0 aliphatic carbocycles. The van der Waals surface area contributed by atoms with Crippen molar-refractivity contribution in [3.63, 3.8) is 0 Å². The Bertz CT molecular complexity index is 1060. The molecule has 0 saturated heterocycles. The van der Waals surface area contributed by atoms with Crippen LogP contribution in [-0.2, 0) is 36.8 Å². The van der Waals surface area contributed by atoms with Crippen molar-refractivity contribution in [1.82, 2.24) is 25.9 Å². The standard InChI is InChI=1S/C23H31N7O7/c24-15(6-7-19(25)32)20(33)28-16(8-13-4-2-1-3-5-13)21(34)30-18(11-31)22(35)29-17(23(36)37)9-14-10-26-12-27-14/h1-5,10,12,15-18,31H,6-9,11,24H2,(H2,25,32)(H,26,27)(H,28,33)(H,29,35)(H,30,34)(H,36,37). The number of hydrogen-bond acceptors (Lipinski definition) is 8. The van der Waals surface area contributed by atoms with Gasteiger partial charge in [0, 0.05) is 31.2 Å². The number of nitrogens with zero attached hydrogens (tertiary/aromatic N) is 1. The fraction of sp³-hybridized carbons (Fsp3) is 0.391. The minimum absolute atomic E-state index is 0.0261. The summed E-state index contributed by atoms with van der Waals surface area (Å²) in [4.78, 5) is 67.4. The number of H-pyrrole nitrogens is 1. The van der Waals surface area contributed by atoms with Gasteiger partial charge in [0.1, 0.15) is 18.1 Å². The summed E-state index contributed by atoms with van der Waals surface area (Å²) in [7, 11) is 0. The van der Waals surface area contributed by atoms with Crippen LogP contribution in [0.1, 0.15) is 24.1 Å². The third kappa shape index (κ3) is 9.70. The second kappa shape index (κ2) is 14.3. The second-order valence-corrected chi connectivity index (χ2v) is 8.29. The smallest absolute Gasteiger partial charge is 0.326 e. The summed E-state index contributed by atoms with van der Waals surface area (Å²) in [6.45, 7) is -0.835. The minimum atomic E-state index is -1.50. The highest BCUT2D eigenvalue weighted by Gasteiger charge is 2.30. The first-order valence-corrected chi connectivity index (χ1v) is 11.4. The van der Waals surface area contributed by atoms with E-state index in [0.29, 0.717) is 11.3 Å². The van der Waals surface area contributed by atoms with Gasteiger partial charge < -0.3 is 42.6 Å². The number of carbonyl (C=O) groups excluding carboxylic acids is 4. The maximum absolute atomic E-state index is 13.1. The van der Waals surface area contributed by atoms with Gasteiger partial charge >= 0.3 is 5.97 Å². The number of amides is 4. The first-order chi connectivity index (χ1) is 17.6. The van der Waals surface area contributed by atoms with E-state index in [1.807, 2.05) is 0 Å². The number of rotatable bonds is 15. The number of nitrogens with two attached hydrogens (primary N) is 2. The van der Waals surface area contributed by atoms with E-state index in [0.717, 1.165) is 0 Å². The van der Waals surface area contributed by atoms with Crippen molar-refractivity contribution in [3.8, 4) is 0 Å². The molecule has 4 amide bonds. The Morgan fingerprint density at radius 1 is 0.919 bits per heavy atom. The molecule has 2 rings (SSSR count). The Kier molecular flexibility index (Phi) is 11.2. The van der Waals surface area contributed by atoms with Gasteiger partial charge in [0.25, 0.3) is 0 Å². The van der Waals surface area contributed by atoms with Crippen molar-refractivity contribution >= 4 is 29.6 Å². The molecule has 2 aromatic rings.